The summed E-state index contributed by atoms with van der Waals surface area (Å²) in [5, 5.41) is 10.6. The Kier molecular flexibility index (Phi) is 3.88. The van der Waals surface area contributed by atoms with Gasteiger partial charge in [-0.2, -0.15) is 0 Å². The van der Waals surface area contributed by atoms with Gasteiger partial charge in [-0.3, -0.25) is 0 Å². The summed E-state index contributed by atoms with van der Waals surface area (Å²) in [6.45, 7) is 8.44. The lowest BCUT2D eigenvalue weighted by Gasteiger charge is -2.39. The normalized spacial score (nSPS) is 20.8. The maximum atomic E-state index is 9.88. The van der Waals surface area contributed by atoms with E-state index in [-0.39, 0.29) is 0 Å². The molecule has 1 aromatic rings. The van der Waals surface area contributed by atoms with Crippen molar-refractivity contribution < 1.29 is 5.11 Å². The zero-order valence-corrected chi connectivity index (χ0v) is 12.2. The molecule has 0 aliphatic carbocycles. The number of nitrogens with zero attached hydrogens (tertiary/aromatic N) is 1. The molecule has 1 saturated heterocycles. The van der Waals surface area contributed by atoms with Gasteiger partial charge in [-0.15, -0.1) is 0 Å². The number of halogens is 1. The van der Waals surface area contributed by atoms with Crippen molar-refractivity contribution in [1.82, 2.24) is 0 Å². The Bertz CT molecular complexity index is 419. The molecule has 3 heteroatoms. The molecule has 0 amide bonds. The van der Waals surface area contributed by atoms with Crippen LogP contribution in [0.2, 0.25) is 5.02 Å². The summed E-state index contributed by atoms with van der Waals surface area (Å²) < 4.78 is 0. The first-order valence-corrected chi connectivity index (χ1v) is 7.00. The first kappa shape index (κ1) is 13.7. The van der Waals surface area contributed by atoms with Crippen molar-refractivity contribution >= 4 is 17.3 Å². The van der Waals surface area contributed by atoms with Gasteiger partial charge in [-0.1, -0.05) is 37.6 Å². The van der Waals surface area contributed by atoms with Crippen LogP contribution in [0, 0.1) is 5.41 Å². The lowest BCUT2D eigenvalue weighted by molar-refractivity contribution is 0.199. The molecule has 1 heterocycles. The predicted octanol–water partition coefficient (Wildman–Crippen LogP) is 4.02. The number of hydrogen-bond acceptors (Lipinski definition) is 2. The van der Waals surface area contributed by atoms with Gasteiger partial charge in [0.1, 0.15) is 0 Å². The highest BCUT2D eigenvalue weighted by atomic mass is 35.5. The number of benzene rings is 1. The SMILES string of the molecule is CC(O)c1cccc(Cl)c1N1CCC(C)(C)CC1. The minimum atomic E-state index is -0.478. The van der Waals surface area contributed by atoms with Crippen molar-refractivity contribution in [2.24, 2.45) is 5.41 Å². The predicted molar refractivity (Wildman–Crippen MR) is 77.3 cm³/mol. The van der Waals surface area contributed by atoms with Crippen LogP contribution in [0.25, 0.3) is 0 Å². The quantitative estimate of drug-likeness (QED) is 0.875. The molecule has 0 radical (unpaired) electrons. The number of aliphatic hydroxyl groups is 1. The fourth-order valence-corrected chi connectivity index (χ4v) is 2.84. The van der Waals surface area contributed by atoms with E-state index in [4.69, 9.17) is 11.6 Å². The fraction of sp³-hybridized carbons (Fsp3) is 0.600. The van der Waals surface area contributed by atoms with Crippen LogP contribution in [-0.4, -0.2) is 18.2 Å². The Morgan fingerprint density at radius 2 is 1.89 bits per heavy atom. The van der Waals surface area contributed by atoms with Gasteiger partial charge in [0.15, 0.2) is 0 Å². The Hall–Kier alpha value is -0.730. The number of hydrogen-bond donors (Lipinski definition) is 1. The zero-order chi connectivity index (χ0) is 13.3. The summed E-state index contributed by atoms with van der Waals surface area (Å²) in [5.74, 6) is 0. The van der Waals surface area contributed by atoms with E-state index in [1.807, 2.05) is 18.2 Å². The van der Waals surface area contributed by atoms with Crippen LogP contribution in [0.5, 0.6) is 0 Å². The van der Waals surface area contributed by atoms with Crippen molar-refractivity contribution in [2.75, 3.05) is 18.0 Å². The minimum absolute atomic E-state index is 0.419. The Morgan fingerprint density at radius 3 is 2.44 bits per heavy atom. The average Bonchev–Trinajstić information content (AvgIpc) is 2.29. The van der Waals surface area contributed by atoms with Gasteiger partial charge in [-0.05, 0) is 31.2 Å². The van der Waals surface area contributed by atoms with Crippen molar-refractivity contribution in [1.29, 1.82) is 0 Å². The van der Waals surface area contributed by atoms with E-state index in [0.717, 1.165) is 42.2 Å². The molecule has 0 aromatic heterocycles. The van der Waals surface area contributed by atoms with Gasteiger partial charge in [0.25, 0.3) is 0 Å². The Labute approximate surface area is 115 Å². The fourth-order valence-electron chi connectivity index (χ4n) is 2.54. The first-order valence-electron chi connectivity index (χ1n) is 6.62. The molecule has 1 atom stereocenters. The van der Waals surface area contributed by atoms with E-state index in [1.54, 1.807) is 6.92 Å². The molecule has 0 bridgehead atoms. The van der Waals surface area contributed by atoms with Gasteiger partial charge in [0, 0.05) is 18.7 Å². The van der Waals surface area contributed by atoms with Gasteiger partial charge >= 0.3 is 0 Å². The van der Waals surface area contributed by atoms with Crippen LogP contribution in [0.1, 0.15) is 45.3 Å². The lowest BCUT2D eigenvalue weighted by atomic mass is 9.82. The van der Waals surface area contributed by atoms with Crippen molar-refractivity contribution in [3.05, 3.63) is 28.8 Å². The van der Waals surface area contributed by atoms with Gasteiger partial charge < -0.3 is 10.0 Å². The molecule has 100 valence electrons. The number of rotatable bonds is 2. The van der Waals surface area contributed by atoms with E-state index in [0.29, 0.717) is 5.41 Å². The van der Waals surface area contributed by atoms with Crippen LogP contribution in [-0.2, 0) is 0 Å². The molecule has 2 rings (SSSR count). The van der Waals surface area contributed by atoms with Crippen LogP contribution >= 0.6 is 11.6 Å². The summed E-state index contributed by atoms with van der Waals surface area (Å²) in [6, 6.07) is 5.77. The lowest BCUT2D eigenvalue weighted by Crippen LogP contribution is -2.38. The average molecular weight is 268 g/mol. The summed E-state index contributed by atoms with van der Waals surface area (Å²) in [4.78, 5) is 2.32. The number of para-hydroxylation sites is 1. The monoisotopic (exact) mass is 267 g/mol. The van der Waals surface area contributed by atoms with E-state index in [9.17, 15) is 5.11 Å². The van der Waals surface area contributed by atoms with Crippen LogP contribution in [0.15, 0.2) is 18.2 Å². The summed E-state index contributed by atoms with van der Waals surface area (Å²) in [6.07, 6.45) is 1.85. The number of aliphatic hydroxyl groups excluding tert-OH is 1. The molecule has 0 spiro atoms. The van der Waals surface area contributed by atoms with E-state index >= 15 is 0 Å². The second kappa shape index (κ2) is 5.10. The maximum Gasteiger partial charge on any atom is 0.0782 e. The largest absolute Gasteiger partial charge is 0.389 e. The van der Waals surface area contributed by atoms with Crippen molar-refractivity contribution in [2.45, 2.75) is 39.7 Å². The molecule has 0 saturated carbocycles. The molecule has 18 heavy (non-hydrogen) atoms. The topological polar surface area (TPSA) is 23.5 Å². The highest BCUT2D eigenvalue weighted by Crippen LogP contribution is 2.38. The third-order valence-electron chi connectivity index (χ3n) is 3.90. The smallest absolute Gasteiger partial charge is 0.0782 e. The second-order valence-electron chi connectivity index (χ2n) is 6.00. The standard InChI is InChI=1S/C15H22ClNO/c1-11(18)12-5-4-6-13(16)14(12)17-9-7-15(2,3)8-10-17/h4-6,11,18H,7-10H2,1-3H3. The molecular weight excluding hydrogens is 246 g/mol. The Morgan fingerprint density at radius 1 is 1.28 bits per heavy atom. The third kappa shape index (κ3) is 2.81. The maximum absolute atomic E-state index is 9.88. The van der Waals surface area contributed by atoms with E-state index in [1.165, 1.54) is 0 Å². The molecule has 1 aromatic carbocycles. The zero-order valence-electron chi connectivity index (χ0n) is 11.4. The van der Waals surface area contributed by atoms with Crippen LogP contribution < -0.4 is 4.90 Å². The summed E-state index contributed by atoms with van der Waals surface area (Å²) in [5.41, 5.74) is 2.37. The molecule has 2 nitrogen and oxygen atoms in total. The number of anilines is 1. The van der Waals surface area contributed by atoms with E-state index < -0.39 is 6.10 Å². The molecule has 1 aliphatic rings. The summed E-state index contributed by atoms with van der Waals surface area (Å²) in [7, 11) is 0. The van der Waals surface area contributed by atoms with Crippen LogP contribution in [0.3, 0.4) is 0 Å². The first-order chi connectivity index (χ1) is 8.41. The highest BCUT2D eigenvalue weighted by Gasteiger charge is 2.27. The van der Waals surface area contributed by atoms with Crippen molar-refractivity contribution in [3.8, 4) is 0 Å². The Balaban J connectivity index is 2.28. The summed E-state index contributed by atoms with van der Waals surface area (Å²) >= 11 is 6.33. The van der Waals surface area contributed by atoms with Gasteiger partial charge in [0.2, 0.25) is 0 Å². The second-order valence-corrected chi connectivity index (χ2v) is 6.41. The molecule has 1 aliphatic heterocycles. The minimum Gasteiger partial charge on any atom is -0.389 e. The molecule has 1 unspecified atom stereocenters. The molecule has 1 fully saturated rings. The van der Waals surface area contributed by atoms with Gasteiger partial charge in [-0.25, -0.2) is 0 Å². The van der Waals surface area contributed by atoms with Crippen molar-refractivity contribution in [3.63, 3.8) is 0 Å². The highest BCUT2D eigenvalue weighted by molar-refractivity contribution is 6.33. The molecular formula is C15H22ClNO. The van der Waals surface area contributed by atoms with E-state index in [2.05, 4.69) is 18.7 Å². The van der Waals surface area contributed by atoms with Gasteiger partial charge in [0.05, 0.1) is 16.8 Å². The molecule has 1 N–H and O–H groups in total. The third-order valence-corrected chi connectivity index (χ3v) is 4.21. The number of piperidine rings is 1. The van der Waals surface area contributed by atoms with Crippen LogP contribution in [0.4, 0.5) is 5.69 Å².